The Morgan fingerprint density at radius 1 is 0.950 bits per heavy atom. The number of hydrazine groups is 1. The fraction of sp³-hybridized carbons (Fsp3) is 0.333. The van der Waals surface area contributed by atoms with Gasteiger partial charge in [0.2, 0.25) is 0 Å². The van der Waals surface area contributed by atoms with Crippen LogP contribution in [-0.4, -0.2) is 0 Å². The Bertz CT molecular complexity index is 505. The molecule has 0 aromatic heterocycles. The summed E-state index contributed by atoms with van der Waals surface area (Å²) in [7, 11) is 0. The van der Waals surface area contributed by atoms with Gasteiger partial charge in [-0.15, -0.1) is 0 Å². The number of nitrogens with one attached hydrogen (secondary N) is 1. The molecule has 20 heavy (non-hydrogen) atoms. The Morgan fingerprint density at radius 2 is 1.55 bits per heavy atom. The average Bonchev–Trinajstić information content (AvgIpc) is 2.53. The number of benzene rings is 2. The molecular weight excluding hydrogens is 244 g/mol. The zero-order chi connectivity index (χ0) is 14.4. The van der Waals surface area contributed by atoms with E-state index in [0.717, 1.165) is 6.42 Å². The minimum absolute atomic E-state index is 0.231. The number of rotatable bonds is 6. The van der Waals surface area contributed by atoms with Crippen molar-refractivity contribution < 1.29 is 0 Å². The van der Waals surface area contributed by atoms with Crippen molar-refractivity contribution in [3.05, 3.63) is 60.2 Å². The molecule has 2 heteroatoms. The minimum atomic E-state index is 0.231. The van der Waals surface area contributed by atoms with Gasteiger partial charge in [0.15, 0.2) is 0 Å². The Labute approximate surface area is 122 Å². The fourth-order valence-electron chi connectivity index (χ4n) is 2.41. The van der Waals surface area contributed by atoms with E-state index in [2.05, 4.69) is 67.8 Å². The third-order valence-corrected chi connectivity index (χ3v) is 3.96. The van der Waals surface area contributed by atoms with Crippen molar-refractivity contribution in [2.24, 2.45) is 11.8 Å². The summed E-state index contributed by atoms with van der Waals surface area (Å²) < 4.78 is 0. The van der Waals surface area contributed by atoms with Gasteiger partial charge in [0, 0.05) is 6.04 Å². The largest absolute Gasteiger partial charge is 0.271 e. The maximum absolute atomic E-state index is 5.71. The van der Waals surface area contributed by atoms with Crippen LogP contribution in [0.15, 0.2) is 54.6 Å². The van der Waals surface area contributed by atoms with E-state index in [4.69, 9.17) is 5.84 Å². The molecule has 0 aliphatic heterocycles. The van der Waals surface area contributed by atoms with E-state index in [1.54, 1.807) is 0 Å². The molecule has 0 aliphatic carbocycles. The van der Waals surface area contributed by atoms with Crippen LogP contribution in [0.4, 0.5) is 0 Å². The van der Waals surface area contributed by atoms with Crippen LogP contribution in [-0.2, 0) is 0 Å². The first-order chi connectivity index (χ1) is 9.74. The Kier molecular flexibility index (Phi) is 5.33. The van der Waals surface area contributed by atoms with E-state index >= 15 is 0 Å². The smallest absolute Gasteiger partial charge is 0.0462 e. The van der Waals surface area contributed by atoms with Gasteiger partial charge in [-0.3, -0.25) is 11.3 Å². The summed E-state index contributed by atoms with van der Waals surface area (Å²) in [6, 6.07) is 19.4. The van der Waals surface area contributed by atoms with E-state index in [1.165, 1.54) is 23.1 Å². The van der Waals surface area contributed by atoms with Crippen LogP contribution in [0.3, 0.4) is 0 Å². The predicted octanol–water partition coefficient (Wildman–Crippen LogP) is 4.29. The summed E-state index contributed by atoms with van der Waals surface area (Å²) in [4.78, 5) is 0. The molecule has 0 saturated carbocycles. The average molecular weight is 268 g/mol. The highest BCUT2D eigenvalue weighted by molar-refractivity contribution is 5.63. The predicted molar refractivity (Wildman–Crippen MR) is 86.0 cm³/mol. The van der Waals surface area contributed by atoms with Crippen molar-refractivity contribution in [2.75, 3.05) is 0 Å². The molecule has 0 radical (unpaired) electrons. The van der Waals surface area contributed by atoms with Crippen LogP contribution in [0.2, 0.25) is 0 Å². The zero-order valence-electron chi connectivity index (χ0n) is 12.3. The number of nitrogens with two attached hydrogens (primary N) is 1. The Balaban J connectivity index is 2.14. The summed E-state index contributed by atoms with van der Waals surface area (Å²) >= 11 is 0. The maximum Gasteiger partial charge on any atom is 0.0462 e. The minimum Gasteiger partial charge on any atom is -0.271 e. The Hall–Kier alpha value is -1.64. The summed E-state index contributed by atoms with van der Waals surface area (Å²) in [5.74, 6) is 6.38. The van der Waals surface area contributed by atoms with Crippen molar-refractivity contribution in [1.82, 2.24) is 5.43 Å². The lowest BCUT2D eigenvalue weighted by Crippen LogP contribution is -2.29. The standard InChI is InChI=1S/C18H24N2/c1-3-14(2)13-18(20-19)17-11-9-16(10-12-17)15-7-5-4-6-8-15/h4-12,14,18,20H,3,13,19H2,1-2H3. The molecule has 0 fully saturated rings. The highest BCUT2D eigenvalue weighted by atomic mass is 15.2. The van der Waals surface area contributed by atoms with Gasteiger partial charge < -0.3 is 0 Å². The normalized spacial score (nSPS) is 13.9. The lowest BCUT2D eigenvalue weighted by Gasteiger charge is -2.20. The van der Waals surface area contributed by atoms with Gasteiger partial charge in [-0.1, -0.05) is 74.9 Å². The maximum atomic E-state index is 5.71. The van der Waals surface area contributed by atoms with Crippen LogP contribution in [0, 0.1) is 5.92 Å². The first kappa shape index (κ1) is 14.8. The topological polar surface area (TPSA) is 38.0 Å². The van der Waals surface area contributed by atoms with Gasteiger partial charge >= 0.3 is 0 Å². The van der Waals surface area contributed by atoms with Gasteiger partial charge in [-0.05, 0) is 29.0 Å². The summed E-state index contributed by atoms with van der Waals surface area (Å²) in [5, 5.41) is 0. The van der Waals surface area contributed by atoms with E-state index in [0.29, 0.717) is 5.92 Å². The molecule has 0 heterocycles. The quantitative estimate of drug-likeness (QED) is 0.605. The lowest BCUT2D eigenvalue weighted by atomic mass is 9.93. The molecule has 0 spiro atoms. The second-order valence-corrected chi connectivity index (χ2v) is 5.46. The molecular formula is C18H24N2. The molecule has 2 nitrogen and oxygen atoms in total. The van der Waals surface area contributed by atoms with Crippen LogP contribution < -0.4 is 11.3 Å². The van der Waals surface area contributed by atoms with Crippen LogP contribution in [0.5, 0.6) is 0 Å². The number of hydrogen-bond acceptors (Lipinski definition) is 2. The fourth-order valence-corrected chi connectivity index (χ4v) is 2.41. The number of hydrogen-bond donors (Lipinski definition) is 2. The van der Waals surface area contributed by atoms with E-state index in [1.807, 2.05) is 6.07 Å². The molecule has 0 amide bonds. The van der Waals surface area contributed by atoms with Crippen molar-refractivity contribution >= 4 is 0 Å². The molecule has 0 bridgehead atoms. The summed E-state index contributed by atoms with van der Waals surface area (Å²) in [5.41, 5.74) is 6.69. The van der Waals surface area contributed by atoms with E-state index in [-0.39, 0.29) is 6.04 Å². The van der Waals surface area contributed by atoms with Crippen molar-refractivity contribution in [1.29, 1.82) is 0 Å². The second kappa shape index (κ2) is 7.22. The molecule has 2 aromatic rings. The van der Waals surface area contributed by atoms with Crippen molar-refractivity contribution in [2.45, 2.75) is 32.7 Å². The molecule has 3 N–H and O–H groups in total. The monoisotopic (exact) mass is 268 g/mol. The first-order valence-electron chi connectivity index (χ1n) is 7.36. The molecule has 0 aliphatic rings. The van der Waals surface area contributed by atoms with Gasteiger partial charge in [0.1, 0.15) is 0 Å². The van der Waals surface area contributed by atoms with E-state index < -0.39 is 0 Å². The third kappa shape index (κ3) is 3.69. The lowest BCUT2D eigenvalue weighted by molar-refractivity contribution is 0.408. The molecule has 106 valence electrons. The molecule has 2 unspecified atom stereocenters. The van der Waals surface area contributed by atoms with Gasteiger partial charge in [-0.25, -0.2) is 0 Å². The van der Waals surface area contributed by atoms with E-state index in [9.17, 15) is 0 Å². The Morgan fingerprint density at radius 3 is 2.10 bits per heavy atom. The summed E-state index contributed by atoms with van der Waals surface area (Å²) in [6.45, 7) is 4.49. The highest BCUT2D eigenvalue weighted by Gasteiger charge is 2.13. The van der Waals surface area contributed by atoms with Crippen molar-refractivity contribution in [3.63, 3.8) is 0 Å². The molecule has 0 saturated heterocycles. The van der Waals surface area contributed by atoms with Crippen LogP contribution >= 0.6 is 0 Å². The second-order valence-electron chi connectivity index (χ2n) is 5.46. The van der Waals surface area contributed by atoms with Crippen LogP contribution in [0.25, 0.3) is 11.1 Å². The van der Waals surface area contributed by atoms with Crippen molar-refractivity contribution in [3.8, 4) is 11.1 Å². The van der Waals surface area contributed by atoms with Gasteiger partial charge in [-0.2, -0.15) is 0 Å². The SMILES string of the molecule is CCC(C)CC(NN)c1ccc(-c2ccccc2)cc1. The van der Waals surface area contributed by atoms with Gasteiger partial charge in [0.25, 0.3) is 0 Å². The third-order valence-electron chi connectivity index (χ3n) is 3.96. The molecule has 2 rings (SSSR count). The highest BCUT2D eigenvalue weighted by Crippen LogP contribution is 2.25. The molecule has 2 atom stereocenters. The van der Waals surface area contributed by atoms with Crippen LogP contribution in [0.1, 0.15) is 38.3 Å². The summed E-state index contributed by atoms with van der Waals surface area (Å²) in [6.07, 6.45) is 2.25. The molecule has 2 aromatic carbocycles. The van der Waals surface area contributed by atoms with Gasteiger partial charge in [0.05, 0.1) is 0 Å². The zero-order valence-corrected chi connectivity index (χ0v) is 12.3. The first-order valence-corrected chi connectivity index (χ1v) is 7.36.